The Morgan fingerprint density at radius 3 is 2.92 bits per heavy atom. The van der Waals surface area contributed by atoms with Crippen molar-refractivity contribution in [3.8, 4) is 0 Å². The number of pyridine rings is 1. The van der Waals surface area contributed by atoms with E-state index in [-0.39, 0.29) is 5.69 Å². The minimum Gasteiger partial charge on any atom is -0.377 e. The van der Waals surface area contributed by atoms with Crippen LogP contribution in [0.25, 0.3) is 0 Å². The second kappa shape index (κ2) is 7.44. The maximum atomic E-state index is 10.9. The Hall–Kier alpha value is -1.73. The van der Waals surface area contributed by atoms with Gasteiger partial charge in [0.15, 0.2) is 0 Å². The van der Waals surface area contributed by atoms with E-state index >= 15 is 0 Å². The Labute approximate surface area is 142 Å². The van der Waals surface area contributed by atoms with E-state index in [0.29, 0.717) is 23.8 Å². The number of hydrogen-bond donors (Lipinski definition) is 1. The molecule has 3 heterocycles. The van der Waals surface area contributed by atoms with Crippen LogP contribution in [0, 0.1) is 23.0 Å². The molecule has 7 nitrogen and oxygen atoms in total. The van der Waals surface area contributed by atoms with E-state index in [1.54, 1.807) is 13.0 Å². The first-order chi connectivity index (χ1) is 11.5. The molecule has 3 atom stereocenters. The topological polar surface area (TPSA) is 80.5 Å². The molecule has 0 saturated carbocycles. The molecule has 24 heavy (non-hydrogen) atoms. The van der Waals surface area contributed by atoms with Gasteiger partial charge in [-0.2, -0.15) is 0 Å². The lowest BCUT2D eigenvalue weighted by Gasteiger charge is -2.38. The molecule has 0 radical (unpaired) electrons. The molecular weight excluding hydrogens is 308 g/mol. The van der Waals surface area contributed by atoms with Crippen LogP contribution in [0.1, 0.15) is 31.9 Å². The Bertz CT molecular complexity index is 589. The monoisotopic (exact) mass is 334 g/mol. The molecule has 3 rings (SSSR count). The number of nitrogens with one attached hydrogen (secondary N) is 1. The number of nitrogens with zero attached hydrogens (tertiary/aromatic N) is 3. The SMILES string of the molecule is Cc1nc(N[C@@H]2CCN(C[C@H]3CCCO3)C[C@@H]2C)ccc1[N+](=O)[O-]. The van der Waals surface area contributed by atoms with Gasteiger partial charge in [-0.15, -0.1) is 0 Å². The third-order valence-electron chi connectivity index (χ3n) is 5.06. The van der Waals surface area contributed by atoms with Crippen molar-refractivity contribution >= 4 is 11.5 Å². The number of piperidine rings is 1. The molecule has 0 spiro atoms. The van der Waals surface area contributed by atoms with Gasteiger partial charge in [-0.05, 0) is 38.2 Å². The van der Waals surface area contributed by atoms with Gasteiger partial charge in [-0.25, -0.2) is 4.98 Å². The summed E-state index contributed by atoms with van der Waals surface area (Å²) in [7, 11) is 0. The lowest BCUT2D eigenvalue weighted by atomic mass is 9.93. The number of nitro groups is 1. The first-order valence-corrected chi connectivity index (χ1v) is 8.75. The predicted molar refractivity (Wildman–Crippen MR) is 92.2 cm³/mol. The summed E-state index contributed by atoms with van der Waals surface area (Å²) in [6.45, 7) is 7.96. The van der Waals surface area contributed by atoms with Crippen LogP contribution in [0.3, 0.4) is 0 Å². The number of anilines is 1. The normalized spacial score (nSPS) is 28.0. The molecule has 2 saturated heterocycles. The highest BCUT2D eigenvalue weighted by Crippen LogP contribution is 2.24. The van der Waals surface area contributed by atoms with Crippen LogP contribution >= 0.6 is 0 Å². The number of likely N-dealkylation sites (tertiary alicyclic amines) is 1. The maximum Gasteiger partial charge on any atom is 0.290 e. The third kappa shape index (κ3) is 4.02. The van der Waals surface area contributed by atoms with E-state index in [9.17, 15) is 10.1 Å². The molecule has 1 aromatic heterocycles. The summed E-state index contributed by atoms with van der Waals surface area (Å²) in [6.07, 6.45) is 3.81. The zero-order valence-corrected chi connectivity index (χ0v) is 14.4. The van der Waals surface area contributed by atoms with Gasteiger partial charge in [0.05, 0.1) is 11.0 Å². The minimum atomic E-state index is -0.391. The van der Waals surface area contributed by atoms with Crippen molar-refractivity contribution < 1.29 is 9.66 Å². The van der Waals surface area contributed by atoms with Crippen LogP contribution in [-0.4, -0.2) is 53.2 Å². The van der Waals surface area contributed by atoms with Crippen molar-refractivity contribution in [2.45, 2.75) is 45.3 Å². The van der Waals surface area contributed by atoms with Crippen LogP contribution in [0.4, 0.5) is 11.5 Å². The molecule has 0 aliphatic carbocycles. The van der Waals surface area contributed by atoms with Gasteiger partial charge in [-0.1, -0.05) is 6.92 Å². The van der Waals surface area contributed by atoms with E-state index < -0.39 is 4.92 Å². The Balaban J connectivity index is 1.55. The summed E-state index contributed by atoms with van der Waals surface area (Å²) >= 11 is 0. The number of rotatable bonds is 5. The Morgan fingerprint density at radius 2 is 2.29 bits per heavy atom. The van der Waals surface area contributed by atoms with Crippen molar-refractivity contribution in [2.24, 2.45) is 5.92 Å². The fraction of sp³-hybridized carbons (Fsp3) is 0.706. The number of ether oxygens (including phenoxy) is 1. The Morgan fingerprint density at radius 1 is 1.46 bits per heavy atom. The second-order valence-corrected chi connectivity index (χ2v) is 6.97. The van der Waals surface area contributed by atoms with Crippen LogP contribution in [0.15, 0.2) is 12.1 Å². The molecule has 2 aliphatic heterocycles. The second-order valence-electron chi connectivity index (χ2n) is 6.97. The van der Waals surface area contributed by atoms with E-state index in [1.807, 2.05) is 0 Å². The van der Waals surface area contributed by atoms with Gasteiger partial charge in [0.1, 0.15) is 11.5 Å². The fourth-order valence-corrected chi connectivity index (χ4v) is 3.71. The van der Waals surface area contributed by atoms with Crippen LogP contribution in [-0.2, 0) is 4.74 Å². The summed E-state index contributed by atoms with van der Waals surface area (Å²) in [5.41, 5.74) is 0.522. The molecule has 1 N–H and O–H groups in total. The van der Waals surface area contributed by atoms with Crippen LogP contribution < -0.4 is 5.32 Å². The quantitative estimate of drug-likeness (QED) is 0.658. The molecule has 0 bridgehead atoms. The first-order valence-electron chi connectivity index (χ1n) is 8.75. The van der Waals surface area contributed by atoms with Gasteiger partial charge in [0, 0.05) is 38.3 Å². The summed E-state index contributed by atoms with van der Waals surface area (Å²) < 4.78 is 5.73. The van der Waals surface area contributed by atoms with Crippen molar-refractivity contribution in [3.63, 3.8) is 0 Å². The van der Waals surface area contributed by atoms with Crippen molar-refractivity contribution in [1.82, 2.24) is 9.88 Å². The van der Waals surface area contributed by atoms with E-state index in [0.717, 1.165) is 38.5 Å². The lowest BCUT2D eigenvalue weighted by Crippen LogP contribution is -2.47. The average Bonchev–Trinajstić information content (AvgIpc) is 3.03. The highest BCUT2D eigenvalue weighted by Gasteiger charge is 2.29. The zero-order chi connectivity index (χ0) is 17.1. The molecule has 132 valence electrons. The van der Waals surface area contributed by atoms with Gasteiger partial charge in [0.25, 0.3) is 5.69 Å². The van der Waals surface area contributed by atoms with Crippen molar-refractivity contribution in [3.05, 3.63) is 27.9 Å². The average molecular weight is 334 g/mol. The summed E-state index contributed by atoms with van der Waals surface area (Å²) in [5, 5.41) is 14.3. The highest BCUT2D eigenvalue weighted by molar-refractivity contribution is 5.45. The molecular formula is C17H26N4O3. The van der Waals surface area contributed by atoms with Crippen LogP contribution in [0.5, 0.6) is 0 Å². The molecule has 7 heteroatoms. The van der Waals surface area contributed by atoms with E-state index in [1.165, 1.54) is 18.9 Å². The van der Waals surface area contributed by atoms with Crippen LogP contribution in [0.2, 0.25) is 0 Å². The molecule has 0 amide bonds. The van der Waals surface area contributed by atoms with Crippen molar-refractivity contribution in [1.29, 1.82) is 0 Å². The number of aryl methyl sites for hydroxylation is 1. The Kier molecular flexibility index (Phi) is 5.30. The standard InChI is InChI=1S/C17H26N4O3/c1-12-10-20(11-14-4-3-9-24-14)8-7-15(12)19-17-6-5-16(21(22)23)13(2)18-17/h5-6,12,14-15H,3-4,7-11H2,1-2H3,(H,18,19)/t12-,14+,15+/m0/s1. The maximum absolute atomic E-state index is 10.9. The van der Waals surface area contributed by atoms with E-state index in [2.05, 4.69) is 22.1 Å². The molecule has 2 fully saturated rings. The number of aromatic nitrogens is 1. The van der Waals surface area contributed by atoms with Gasteiger partial charge >= 0.3 is 0 Å². The van der Waals surface area contributed by atoms with Crippen molar-refractivity contribution in [2.75, 3.05) is 31.6 Å². The fourth-order valence-electron chi connectivity index (χ4n) is 3.71. The number of hydrogen-bond acceptors (Lipinski definition) is 6. The molecule has 1 aromatic rings. The van der Waals surface area contributed by atoms with Gasteiger partial charge < -0.3 is 15.0 Å². The summed E-state index contributed by atoms with van der Waals surface area (Å²) in [5.74, 6) is 1.22. The van der Waals surface area contributed by atoms with Gasteiger partial charge in [0.2, 0.25) is 0 Å². The molecule has 0 aromatic carbocycles. The summed E-state index contributed by atoms with van der Waals surface area (Å²) in [4.78, 5) is 17.3. The molecule has 0 unspecified atom stereocenters. The third-order valence-corrected chi connectivity index (χ3v) is 5.06. The lowest BCUT2D eigenvalue weighted by molar-refractivity contribution is -0.385. The van der Waals surface area contributed by atoms with Gasteiger partial charge in [-0.3, -0.25) is 10.1 Å². The summed E-state index contributed by atoms with van der Waals surface area (Å²) in [6, 6.07) is 3.58. The van der Waals surface area contributed by atoms with E-state index in [4.69, 9.17) is 4.74 Å². The zero-order valence-electron chi connectivity index (χ0n) is 14.4. The largest absolute Gasteiger partial charge is 0.377 e. The smallest absolute Gasteiger partial charge is 0.290 e. The minimum absolute atomic E-state index is 0.0694. The highest BCUT2D eigenvalue weighted by atomic mass is 16.6. The predicted octanol–water partition coefficient (Wildman–Crippen LogP) is 2.60. The molecule has 2 aliphatic rings. The first kappa shape index (κ1) is 17.1.